The summed E-state index contributed by atoms with van der Waals surface area (Å²) in [6.07, 6.45) is 0.651. The van der Waals surface area contributed by atoms with E-state index < -0.39 is 0 Å². The van der Waals surface area contributed by atoms with Crippen molar-refractivity contribution in [2.45, 2.75) is 37.9 Å². The normalized spacial score (nSPS) is 11.6. The molecule has 4 aromatic rings. The topological polar surface area (TPSA) is 59.8 Å². The Balaban J connectivity index is 1.66. The van der Waals surface area contributed by atoms with Gasteiger partial charge in [-0.3, -0.25) is 9.36 Å². The predicted molar refractivity (Wildman–Crippen MR) is 127 cm³/mol. The second kappa shape index (κ2) is 8.94. The average molecular weight is 431 g/mol. The number of aromatic nitrogens is 3. The monoisotopic (exact) mass is 430 g/mol. The van der Waals surface area contributed by atoms with Gasteiger partial charge in [0.15, 0.2) is 5.16 Å². The summed E-state index contributed by atoms with van der Waals surface area (Å²) < 4.78 is 2.05. The summed E-state index contributed by atoms with van der Waals surface area (Å²) in [6, 6.07) is 24.8. The molecule has 0 spiro atoms. The second-order valence-electron chi connectivity index (χ2n) is 8.47. The van der Waals surface area contributed by atoms with Gasteiger partial charge in [-0.25, -0.2) is 0 Å². The smallest absolute Gasteiger partial charge is 0.230 e. The van der Waals surface area contributed by atoms with Crippen molar-refractivity contribution < 1.29 is 4.79 Å². The zero-order chi connectivity index (χ0) is 21.8. The summed E-state index contributed by atoms with van der Waals surface area (Å²) in [6.45, 7) is 5.93. The molecule has 4 rings (SSSR count). The lowest BCUT2D eigenvalue weighted by Crippen LogP contribution is -2.41. The van der Waals surface area contributed by atoms with Gasteiger partial charge >= 0.3 is 0 Å². The first-order chi connectivity index (χ1) is 14.9. The maximum absolute atomic E-state index is 12.3. The molecule has 0 aliphatic heterocycles. The molecule has 0 saturated heterocycles. The molecule has 1 aromatic heterocycles. The van der Waals surface area contributed by atoms with Crippen LogP contribution in [0.5, 0.6) is 0 Å². The van der Waals surface area contributed by atoms with Gasteiger partial charge in [0.2, 0.25) is 5.91 Å². The molecule has 0 aliphatic rings. The fraction of sp³-hybridized carbons (Fsp3) is 0.240. The third kappa shape index (κ3) is 5.14. The van der Waals surface area contributed by atoms with E-state index in [1.165, 1.54) is 28.1 Å². The highest BCUT2D eigenvalue weighted by Gasteiger charge is 2.19. The SMILES string of the molecule is CC(C)(C)NC(=O)CSc1nnc(Cc2cccc3ccccc23)n1-c1ccccc1. The molecule has 0 unspecified atom stereocenters. The Morgan fingerprint density at radius 3 is 2.42 bits per heavy atom. The molecule has 0 fully saturated rings. The summed E-state index contributed by atoms with van der Waals surface area (Å²) in [5.41, 5.74) is 1.93. The standard InChI is InChI=1S/C25H26N4OS/c1-25(2,3)26-23(30)17-31-24-28-27-22(29(24)20-13-5-4-6-14-20)16-19-12-9-11-18-10-7-8-15-21(18)19/h4-15H,16-17H2,1-3H3,(H,26,30). The van der Waals surface area contributed by atoms with Crippen LogP contribution in [-0.4, -0.2) is 32.0 Å². The van der Waals surface area contributed by atoms with Gasteiger partial charge in [0.05, 0.1) is 5.75 Å². The molecule has 3 aromatic carbocycles. The van der Waals surface area contributed by atoms with Crippen LogP contribution in [0, 0.1) is 0 Å². The lowest BCUT2D eigenvalue weighted by Gasteiger charge is -2.20. The van der Waals surface area contributed by atoms with Gasteiger partial charge in [-0.05, 0) is 49.2 Å². The lowest BCUT2D eigenvalue weighted by molar-refractivity contribution is -0.119. The molecule has 0 saturated carbocycles. The van der Waals surface area contributed by atoms with E-state index >= 15 is 0 Å². The molecule has 1 heterocycles. The Morgan fingerprint density at radius 2 is 1.65 bits per heavy atom. The minimum Gasteiger partial charge on any atom is -0.351 e. The first-order valence-electron chi connectivity index (χ1n) is 10.3. The van der Waals surface area contributed by atoms with Gasteiger partial charge in [0.25, 0.3) is 0 Å². The van der Waals surface area contributed by atoms with Gasteiger partial charge in [-0.15, -0.1) is 10.2 Å². The molecule has 158 valence electrons. The summed E-state index contributed by atoms with van der Waals surface area (Å²) >= 11 is 1.40. The van der Waals surface area contributed by atoms with Crippen LogP contribution in [0.25, 0.3) is 16.5 Å². The summed E-state index contributed by atoms with van der Waals surface area (Å²) in [5, 5.41) is 15.1. The van der Waals surface area contributed by atoms with Crippen molar-refractivity contribution in [1.29, 1.82) is 0 Å². The minimum absolute atomic E-state index is 0.0179. The van der Waals surface area contributed by atoms with Gasteiger partial charge in [-0.1, -0.05) is 72.4 Å². The van der Waals surface area contributed by atoms with E-state index in [1.807, 2.05) is 51.1 Å². The Hall–Kier alpha value is -3.12. The van der Waals surface area contributed by atoms with Gasteiger partial charge in [-0.2, -0.15) is 0 Å². The van der Waals surface area contributed by atoms with Crippen molar-refractivity contribution in [2.75, 3.05) is 5.75 Å². The van der Waals surface area contributed by atoms with Crippen LogP contribution < -0.4 is 5.32 Å². The Labute approximate surface area is 186 Å². The van der Waals surface area contributed by atoms with Crippen molar-refractivity contribution in [2.24, 2.45) is 0 Å². The highest BCUT2D eigenvalue weighted by atomic mass is 32.2. The maximum atomic E-state index is 12.3. The van der Waals surface area contributed by atoms with E-state index in [1.54, 1.807) is 0 Å². The molecule has 0 bridgehead atoms. The minimum atomic E-state index is -0.260. The highest BCUT2D eigenvalue weighted by molar-refractivity contribution is 7.99. The number of fused-ring (bicyclic) bond motifs is 1. The van der Waals surface area contributed by atoms with Crippen LogP contribution in [0.3, 0.4) is 0 Å². The number of rotatable bonds is 6. The number of nitrogens with zero attached hydrogens (tertiary/aromatic N) is 3. The number of nitrogens with one attached hydrogen (secondary N) is 1. The zero-order valence-corrected chi connectivity index (χ0v) is 18.8. The van der Waals surface area contributed by atoms with Crippen molar-refractivity contribution in [3.63, 3.8) is 0 Å². The van der Waals surface area contributed by atoms with Crippen LogP contribution >= 0.6 is 11.8 Å². The van der Waals surface area contributed by atoms with Gasteiger partial charge < -0.3 is 5.32 Å². The third-order valence-corrected chi connectivity index (χ3v) is 5.72. The summed E-state index contributed by atoms with van der Waals surface area (Å²) in [5.74, 6) is 1.12. The van der Waals surface area contributed by atoms with Crippen LogP contribution in [-0.2, 0) is 11.2 Å². The van der Waals surface area contributed by atoms with Crippen molar-refractivity contribution >= 4 is 28.4 Å². The molecule has 31 heavy (non-hydrogen) atoms. The summed E-state index contributed by atoms with van der Waals surface area (Å²) in [7, 11) is 0. The molecule has 1 N–H and O–H groups in total. The average Bonchev–Trinajstić information content (AvgIpc) is 3.14. The number of benzene rings is 3. The van der Waals surface area contributed by atoms with Crippen molar-refractivity contribution in [3.8, 4) is 5.69 Å². The van der Waals surface area contributed by atoms with Crippen LogP contribution in [0.2, 0.25) is 0 Å². The van der Waals surface area contributed by atoms with E-state index in [0.717, 1.165) is 11.5 Å². The fourth-order valence-corrected chi connectivity index (χ4v) is 4.32. The number of hydrogen-bond donors (Lipinski definition) is 1. The largest absolute Gasteiger partial charge is 0.351 e. The van der Waals surface area contributed by atoms with E-state index in [-0.39, 0.29) is 17.2 Å². The fourth-order valence-electron chi connectivity index (χ4n) is 3.55. The molecule has 6 heteroatoms. The Bertz CT molecular complexity index is 1190. The number of para-hydroxylation sites is 1. The number of amides is 1. The van der Waals surface area contributed by atoms with Crippen molar-refractivity contribution in [3.05, 3.63) is 84.2 Å². The zero-order valence-electron chi connectivity index (χ0n) is 18.0. The van der Waals surface area contributed by atoms with E-state index in [2.05, 4.69) is 62.5 Å². The van der Waals surface area contributed by atoms with Crippen LogP contribution in [0.15, 0.2) is 78.0 Å². The van der Waals surface area contributed by atoms with E-state index in [4.69, 9.17) is 0 Å². The second-order valence-corrected chi connectivity index (χ2v) is 9.41. The highest BCUT2D eigenvalue weighted by Crippen LogP contribution is 2.26. The third-order valence-electron chi connectivity index (χ3n) is 4.79. The van der Waals surface area contributed by atoms with Crippen molar-refractivity contribution in [1.82, 2.24) is 20.1 Å². The maximum Gasteiger partial charge on any atom is 0.230 e. The molecule has 1 amide bonds. The first-order valence-corrected chi connectivity index (χ1v) is 11.3. The van der Waals surface area contributed by atoms with Gasteiger partial charge in [0, 0.05) is 17.6 Å². The molecular weight excluding hydrogens is 404 g/mol. The Kier molecular flexibility index (Phi) is 6.09. The van der Waals surface area contributed by atoms with Crippen LogP contribution in [0.1, 0.15) is 32.2 Å². The predicted octanol–water partition coefficient (Wildman–Crippen LogP) is 5.02. The van der Waals surface area contributed by atoms with E-state index in [9.17, 15) is 4.79 Å². The molecule has 0 radical (unpaired) electrons. The lowest BCUT2D eigenvalue weighted by atomic mass is 10.0. The molecule has 0 atom stereocenters. The van der Waals surface area contributed by atoms with E-state index in [0.29, 0.717) is 11.6 Å². The molecule has 0 aliphatic carbocycles. The van der Waals surface area contributed by atoms with Crippen LogP contribution in [0.4, 0.5) is 0 Å². The quantitative estimate of drug-likeness (QED) is 0.437. The molecule has 5 nitrogen and oxygen atoms in total. The number of carbonyl (C=O) groups is 1. The number of carbonyl (C=O) groups excluding carboxylic acids is 1. The number of hydrogen-bond acceptors (Lipinski definition) is 4. The summed E-state index contributed by atoms with van der Waals surface area (Å²) in [4.78, 5) is 12.3. The van der Waals surface area contributed by atoms with Gasteiger partial charge in [0.1, 0.15) is 5.82 Å². The molecular formula is C25H26N4OS. The first kappa shape index (κ1) is 21.1. The number of thioether (sulfide) groups is 1. The Morgan fingerprint density at radius 1 is 0.935 bits per heavy atom.